The first-order chi connectivity index (χ1) is 8.20. The molecule has 2 aromatic rings. The second-order valence-corrected chi connectivity index (χ2v) is 5.15. The first-order valence-electron chi connectivity index (χ1n) is 5.07. The van der Waals surface area contributed by atoms with Crippen molar-refractivity contribution in [2.24, 2.45) is 0 Å². The molecule has 0 aliphatic carbocycles. The molecule has 3 nitrogen and oxygen atoms in total. The minimum atomic E-state index is -0.107. The molecule has 0 saturated carbocycles. The van der Waals surface area contributed by atoms with E-state index in [1.807, 2.05) is 42.8 Å². The van der Waals surface area contributed by atoms with E-state index in [1.165, 1.54) is 11.3 Å². The largest absolute Gasteiger partial charge is 0.298 e. The molecular formula is C12H12N2OS2. The van der Waals surface area contributed by atoms with E-state index in [2.05, 4.69) is 10.3 Å². The van der Waals surface area contributed by atoms with Gasteiger partial charge in [-0.2, -0.15) is 0 Å². The van der Waals surface area contributed by atoms with Gasteiger partial charge in [-0.05, 0) is 25.3 Å². The highest BCUT2D eigenvalue weighted by atomic mass is 32.2. The van der Waals surface area contributed by atoms with E-state index < -0.39 is 0 Å². The Morgan fingerprint density at radius 2 is 2.18 bits per heavy atom. The van der Waals surface area contributed by atoms with E-state index in [1.54, 1.807) is 11.8 Å². The fourth-order valence-corrected chi connectivity index (χ4v) is 2.69. The number of thioether (sulfide) groups is 1. The van der Waals surface area contributed by atoms with Crippen LogP contribution in [0, 0.1) is 6.92 Å². The minimum Gasteiger partial charge on any atom is -0.298 e. The van der Waals surface area contributed by atoms with Gasteiger partial charge in [-0.15, -0.1) is 23.1 Å². The zero-order chi connectivity index (χ0) is 12.3. The van der Waals surface area contributed by atoms with Gasteiger partial charge >= 0.3 is 0 Å². The second kappa shape index (κ2) is 5.33. The number of aryl methyl sites for hydroxylation is 1. The number of hydrogen-bond acceptors (Lipinski definition) is 4. The molecule has 1 aromatic carbocycles. The summed E-state index contributed by atoms with van der Waals surface area (Å²) in [5, 5.41) is 5.36. The zero-order valence-corrected chi connectivity index (χ0v) is 11.2. The van der Waals surface area contributed by atoms with Gasteiger partial charge in [0, 0.05) is 10.3 Å². The van der Waals surface area contributed by atoms with Crippen LogP contribution in [-0.4, -0.2) is 17.1 Å². The van der Waals surface area contributed by atoms with Gasteiger partial charge in [-0.25, -0.2) is 4.98 Å². The number of thiazole rings is 1. The Morgan fingerprint density at radius 1 is 1.41 bits per heavy atom. The lowest BCUT2D eigenvalue weighted by Crippen LogP contribution is -2.12. The molecule has 0 spiro atoms. The third kappa shape index (κ3) is 2.87. The third-order valence-electron chi connectivity index (χ3n) is 2.19. The van der Waals surface area contributed by atoms with E-state index in [0.717, 1.165) is 10.6 Å². The highest BCUT2D eigenvalue weighted by Gasteiger charge is 2.11. The van der Waals surface area contributed by atoms with E-state index in [-0.39, 0.29) is 5.91 Å². The molecule has 1 heterocycles. The van der Waals surface area contributed by atoms with Crippen LogP contribution < -0.4 is 5.32 Å². The molecule has 0 radical (unpaired) electrons. The summed E-state index contributed by atoms with van der Waals surface area (Å²) in [4.78, 5) is 17.2. The zero-order valence-electron chi connectivity index (χ0n) is 9.56. The molecule has 1 aromatic heterocycles. The molecule has 88 valence electrons. The van der Waals surface area contributed by atoms with E-state index in [0.29, 0.717) is 10.7 Å². The third-order valence-corrected chi connectivity index (χ3v) is 3.86. The summed E-state index contributed by atoms with van der Waals surface area (Å²) < 4.78 is 0. The fourth-order valence-electron chi connectivity index (χ4n) is 1.41. The molecule has 0 unspecified atom stereocenters. The number of anilines is 1. The molecule has 0 saturated heterocycles. The van der Waals surface area contributed by atoms with Crippen molar-refractivity contribution in [2.45, 2.75) is 11.8 Å². The highest BCUT2D eigenvalue weighted by molar-refractivity contribution is 7.98. The van der Waals surface area contributed by atoms with Crippen molar-refractivity contribution < 1.29 is 4.79 Å². The predicted octanol–water partition coefficient (Wildman–Crippen LogP) is 3.43. The summed E-state index contributed by atoms with van der Waals surface area (Å²) in [5.41, 5.74) is 1.61. The molecule has 5 heteroatoms. The SMILES string of the molecule is CSc1ccccc1C(=O)Nc1nc(C)cs1. The summed E-state index contributed by atoms with van der Waals surface area (Å²) in [6, 6.07) is 7.55. The topological polar surface area (TPSA) is 42.0 Å². The lowest BCUT2D eigenvalue weighted by atomic mass is 10.2. The average molecular weight is 264 g/mol. The van der Waals surface area contributed by atoms with Gasteiger partial charge in [-0.1, -0.05) is 12.1 Å². The number of benzene rings is 1. The van der Waals surface area contributed by atoms with Gasteiger partial charge in [0.25, 0.3) is 5.91 Å². The summed E-state index contributed by atoms with van der Waals surface area (Å²) in [5.74, 6) is -0.107. The Morgan fingerprint density at radius 3 is 2.82 bits per heavy atom. The van der Waals surface area contributed by atoms with Gasteiger partial charge in [0.05, 0.1) is 11.3 Å². The van der Waals surface area contributed by atoms with Crippen LogP contribution in [-0.2, 0) is 0 Å². The number of nitrogens with zero attached hydrogens (tertiary/aromatic N) is 1. The molecule has 1 N–H and O–H groups in total. The summed E-state index contributed by atoms with van der Waals surface area (Å²) in [6.45, 7) is 1.90. The maximum atomic E-state index is 12.0. The molecule has 0 atom stereocenters. The molecule has 0 aliphatic heterocycles. The molecule has 0 fully saturated rings. The monoisotopic (exact) mass is 264 g/mol. The van der Waals surface area contributed by atoms with Crippen molar-refractivity contribution in [3.63, 3.8) is 0 Å². The van der Waals surface area contributed by atoms with Crippen LogP contribution in [0.25, 0.3) is 0 Å². The van der Waals surface area contributed by atoms with Crippen LogP contribution in [0.5, 0.6) is 0 Å². The van der Waals surface area contributed by atoms with E-state index in [9.17, 15) is 4.79 Å². The lowest BCUT2D eigenvalue weighted by molar-refractivity contribution is 0.102. The van der Waals surface area contributed by atoms with Gasteiger partial charge in [0.1, 0.15) is 0 Å². The first-order valence-corrected chi connectivity index (χ1v) is 7.17. The summed E-state index contributed by atoms with van der Waals surface area (Å²) in [7, 11) is 0. The molecular weight excluding hydrogens is 252 g/mol. The van der Waals surface area contributed by atoms with Crippen molar-refractivity contribution in [3.8, 4) is 0 Å². The second-order valence-electron chi connectivity index (χ2n) is 3.45. The number of nitrogens with one attached hydrogen (secondary N) is 1. The van der Waals surface area contributed by atoms with Crippen molar-refractivity contribution in [1.29, 1.82) is 0 Å². The highest BCUT2D eigenvalue weighted by Crippen LogP contribution is 2.22. The van der Waals surface area contributed by atoms with Crippen molar-refractivity contribution in [1.82, 2.24) is 4.98 Å². The maximum absolute atomic E-state index is 12.0. The molecule has 0 aliphatic rings. The normalized spacial score (nSPS) is 10.2. The fraction of sp³-hybridized carbons (Fsp3) is 0.167. The Balaban J connectivity index is 2.20. The predicted molar refractivity (Wildman–Crippen MR) is 73.0 cm³/mol. The number of carbonyl (C=O) groups excluding carboxylic acids is 1. The number of aromatic nitrogens is 1. The Bertz CT molecular complexity index is 537. The Hall–Kier alpha value is -1.33. The number of amides is 1. The van der Waals surface area contributed by atoms with Crippen LogP contribution in [0.2, 0.25) is 0 Å². The van der Waals surface area contributed by atoms with Crippen molar-refractivity contribution in [3.05, 3.63) is 40.9 Å². The standard InChI is InChI=1S/C12H12N2OS2/c1-8-7-17-12(13-8)14-11(15)9-5-3-4-6-10(9)16-2/h3-7H,1-2H3,(H,13,14,15). The first kappa shape index (κ1) is 12.1. The van der Waals surface area contributed by atoms with Crippen LogP contribution in [0.15, 0.2) is 34.5 Å². The summed E-state index contributed by atoms with van der Waals surface area (Å²) in [6.07, 6.45) is 1.96. The maximum Gasteiger partial charge on any atom is 0.258 e. The van der Waals surface area contributed by atoms with Crippen LogP contribution in [0.3, 0.4) is 0 Å². The molecule has 0 bridgehead atoms. The van der Waals surface area contributed by atoms with Crippen LogP contribution in [0.1, 0.15) is 16.1 Å². The number of hydrogen-bond donors (Lipinski definition) is 1. The van der Waals surface area contributed by atoms with Gasteiger partial charge in [-0.3, -0.25) is 10.1 Å². The van der Waals surface area contributed by atoms with Crippen LogP contribution >= 0.6 is 23.1 Å². The Labute approximate surface area is 108 Å². The summed E-state index contributed by atoms with van der Waals surface area (Å²) >= 11 is 3.00. The number of carbonyl (C=O) groups is 1. The number of rotatable bonds is 3. The Kier molecular flexibility index (Phi) is 3.81. The molecule has 2 rings (SSSR count). The average Bonchev–Trinajstić information content (AvgIpc) is 2.74. The van der Waals surface area contributed by atoms with Crippen molar-refractivity contribution in [2.75, 3.05) is 11.6 Å². The van der Waals surface area contributed by atoms with E-state index >= 15 is 0 Å². The van der Waals surface area contributed by atoms with Gasteiger partial charge in [0.15, 0.2) is 5.13 Å². The minimum absolute atomic E-state index is 0.107. The van der Waals surface area contributed by atoms with Gasteiger partial charge < -0.3 is 0 Å². The lowest BCUT2D eigenvalue weighted by Gasteiger charge is -2.05. The molecule has 17 heavy (non-hydrogen) atoms. The van der Waals surface area contributed by atoms with Crippen LogP contribution in [0.4, 0.5) is 5.13 Å². The smallest absolute Gasteiger partial charge is 0.258 e. The van der Waals surface area contributed by atoms with Gasteiger partial charge in [0.2, 0.25) is 0 Å². The quantitative estimate of drug-likeness (QED) is 0.864. The van der Waals surface area contributed by atoms with Crippen molar-refractivity contribution >= 4 is 34.1 Å². The molecule has 1 amide bonds. The van der Waals surface area contributed by atoms with E-state index in [4.69, 9.17) is 0 Å².